The molecule has 0 spiro atoms. The summed E-state index contributed by atoms with van der Waals surface area (Å²) in [6, 6.07) is 0.640. The summed E-state index contributed by atoms with van der Waals surface area (Å²) in [4.78, 5) is 22.9. The predicted molar refractivity (Wildman–Crippen MR) is 79.4 cm³/mol. The maximum absolute atomic E-state index is 12.7. The number of carbonyl (C=O) groups is 2. The van der Waals surface area contributed by atoms with Gasteiger partial charge in [0, 0.05) is 18.0 Å². The minimum atomic E-state index is -3.83. The summed E-state index contributed by atoms with van der Waals surface area (Å²) in [5.41, 5.74) is 0. The zero-order chi connectivity index (χ0) is 16.5. The van der Waals surface area contributed by atoms with Gasteiger partial charge in [-0.05, 0) is 25.8 Å². The number of rotatable bonds is 4. The van der Waals surface area contributed by atoms with Crippen LogP contribution in [0.15, 0.2) is 16.3 Å². The Morgan fingerprint density at radius 1 is 1.45 bits per heavy atom. The average molecular weight is 347 g/mol. The van der Waals surface area contributed by atoms with Gasteiger partial charge in [-0.15, -0.1) is 11.3 Å². The molecule has 2 rings (SSSR count). The fourth-order valence-corrected chi connectivity index (χ4v) is 5.46. The molecule has 122 valence electrons. The highest BCUT2D eigenvalue weighted by molar-refractivity contribution is 7.89. The molecule has 0 amide bonds. The standard InChI is InChI=1S/C13H17NO6S2/c1-8-10(12(15)16)4-3-5-14(8)22(18,19)9-6-11(21-7-9)13(17)20-2/h6-8,10H,3-5H2,1-2H3,(H,15,16)/t8-,10-/m0/s1. The van der Waals surface area contributed by atoms with E-state index in [4.69, 9.17) is 0 Å². The van der Waals surface area contributed by atoms with Gasteiger partial charge >= 0.3 is 11.9 Å². The molecule has 2 atom stereocenters. The molecular formula is C13H17NO6S2. The number of esters is 1. The van der Waals surface area contributed by atoms with E-state index in [2.05, 4.69) is 4.74 Å². The van der Waals surface area contributed by atoms with Crippen LogP contribution in [0.4, 0.5) is 0 Å². The molecule has 1 aliphatic rings. The van der Waals surface area contributed by atoms with Crippen molar-refractivity contribution in [1.29, 1.82) is 0 Å². The van der Waals surface area contributed by atoms with E-state index in [0.29, 0.717) is 12.8 Å². The fourth-order valence-electron chi connectivity index (χ4n) is 2.58. The number of hydrogen-bond acceptors (Lipinski definition) is 6. The molecule has 1 N–H and O–H groups in total. The van der Waals surface area contributed by atoms with Gasteiger partial charge in [0.1, 0.15) is 4.88 Å². The first-order valence-electron chi connectivity index (χ1n) is 6.70. The molecule has 1 aromatic heterocycles. The first-order valence-corrected chi connectivity index (χ1v) is 9.02. The van der Waals surface area contributed by atoms with E-state index in [1.807, 2.05) is 0 Å². The van der Waals surface area contributed by atoms with Gasteiger partial charge in [-0.3, -0.25) is 4.79 Å². The van der Waals surface area contributed by atoms with Gasteiger partial charge < -0.3 is 9.84 Å². The lowest BCUT2D eigenvalue weighted by Gasteiger charge is -2.36. The third-order valence-corrected chi connectivity index (χ3v) is 6.84. The highest BCUT2D eigenvalue weighted by Gasteiger charge is 2.40. The van der Waals surface area contributed by atoms with E-state index >= 15 is 0 Å². The molecule has 1 saturated heterocycles. The maximum Gasteiger partial charge on any atom is 0.348 e. The summed E-state index contributed by atoms with van der Waals surface area (Å²) in [7, 11) is -2.60. The molecule has 1 fully saturated rings. The topological polar surface area (TPSA) is 101 Å². The molecule has 0 aliphatic carbocycles. The molecule has 0 saturated carbocycles. The van der Waals surface area contributed by atoms with E-state index in [-0.39, 0.29) is 16.3 Å². The predicted octanol–water partition coefficient (Wildman–Crippen LogP) is 1.41. The number of ether oxygens (including phenoxy) is 1. The van der Waals surface area contributed by atoms with Crippen molar-refractivity contribution >= 4 is 33.3 Å². The summed E-state index contributed by atoms with van der Waals surface area (Å²) in [6.45, 7) is 1.87. The number of thiophene rings is 1. The van der Waals surface area contributed by atoms with Crippen LogP contribution in [0.1, 0.15) is 29.4 Å². The van der Waals surface area contributed by atoms with Crippen molar-refractivity contribution in [2.24, 2.45) is 5.92 Å². The monoisotopic (exact) mass is 347 g/mol. The lowest BCUT2D eigenvalue weighted by Crippen LogP contribution is -2.48. The number of carbonyl (C=O) groups excluding carboxylic acids is 1. The van der Waals surface area contributed by atoms with Crippen LogP contribution in [-0.4, -0.2) is 49.5 Å². The summed E-state index contributed by atoms with van der Waals surface area (Å²) >= 11 is 0.985. The van der Waals surface area contributed by atoms with E-state index in [9.17, 15) is 23.1 Å². The van der Waals surface area contributed by atoms with Crippen molar-refractivity contribution in [2.75, 3.05) is 13.7 Å². The number of nitrogens with zero attached hydrogens (tertiary/aromatic N) is 1. The highest BCUT2D eigenvalue weighted by Crippen LogP contribution is 2.31. The van der Waals surface area contributed by atoms with Gasteiger partial charge in [-0.2, -0.15) is 4.31 Å². The van der Waals surface area contributed by atoms with Gasteiger partial charge in [-0.1, -0.05) is 0 Å². The molecule has 7 nitrogen and oxygen atoms in total. The van der Waals surface area contributed by atoms with E-state index < -0.39 is 33.9 Å². The molecule has 9 heteroatoms. The van der Waals surface area contributed by atoms with Crippen molar-refractivity contribution in [3.05, 3.63) is 16.3 Å². The van der Waals surface area contributed by atoms with Crippen molar-refractivity contribution < 1.29 is 27.9 Å². The van der Waals surface area contributed by atoms with Crippen molar-refractivity contribution in [3.63, 3.8) is 0 Å². The van der Waals surface area contributed by atoms with Gasteiger partial charge in [0.15, 0.2) is 0 Å². The third-order valence-electron chi connectivity index (χ3n) is 3.82. The second-order valence-corrected chi connectivity index (χ2v) is 7.88. The van der Waals surface area contributed by atoms with E-state index in [1.54, 1.807) is 6.92 Å². The molecule has 0 radical (unpaired) electrons. The average Bonchev–Trinajstić information content (AvgIpc) is 2.96. The third kappa shape index (κ3) is 3.01. The SMILES string of the molecule is COC(=O)c1cc(S(=O)(=O)N2CCC[C@H](C(=O)O)[C@@H]2C)cs1. The largest absolute Gasteiger partial charge is 0.481 e. The lowest BCUT2D eigenvalue weighted by molar-refractivity contribution is -0.144. The van der Waals surface area contributed by atoms with Crippen LogP contribution in [0.2, 0.25) is 0 Å². The minimum absolute atomic E-state index is 0.00390. The second-order valence-electron chi connectivity index (χ2n) is 5.08. The highest BCUT2D eigenvalue weighted by atomic mass is 32.2. The number of aliphatic carboxylic acids is 1. The molecule has 22 heavy (non-hydrogen) atoms. The van der Waals surface area contributed by atoms with Gasteiger partial charge in [0.05, 0.1) is 17.9 Å². The van der Waals surface area contributed by atoms with Crippen LogP contribution in [0.5, 0.6) is 0 Å². The Bertz CT molecular complexity index is 680. The van der Waals surface area contributed by atoms with Crippen LogP contribution < -0.4 is 0 Å². The van der Waals surface area contributed by atoms with Crippen molar-refractivity contribution in [1.82, 2.24) is 4.31 Å². The van der Waals surface area contributed by atoms with Crippen molar-refractivity contribution in [3.8, 4) is 0 Å². The first kappa shape index (κ1) is 16.9. The number of carboxylic acids is 1. The van der Waals surface area contributed by atoms with Crippen LogP contribution in [-0.2, 0) is 19.6 Å². The molecule has 1 aliphatic heterocycles. The number of hydrogen-bond donors (Lipinski definition) is 1. The Morgan fingerprint density at radius 2 is 2.14 bits per heavy atom. The number of piperidine rings is 1. The minimum Gasteiger partial charge on any atom is -0.481 e. The summed E-state index contributed by atoms with van der Waals surface area (Å²) < 4.78 is 31.1. The number of carboxylic acid groups (broad SMARTS) is 1. The molecule has 2 heterocycles. The quantitative estimate of drug-likeness (QED) is 0.827. The second kappa shape index (κ2) is 6.35. The normalized spacial score (nSPS) is 23.2. The Balaban J connectivity index is 2.31. The van der Waals surface area contributed by atoms with Crippen LogP contribution in [0, 0.1) is 5.92 Å². The van der Waals surface area contributed by atoms with Crippen LogP contribution in [0.25, 0.3) is 0 Å². The fraction of sp³-hybridized carbons (Fsp3) is 0.538. The van der Waals surface area contributed by atoms with Gasteiger partial charge in [0.25, 0.3) is 0 Å². The first-order chi connectivity index (χ1) is 10.3. The number of sulfonamides is 1. The van der Waals surface area contributed by atoms with Crippen molar-refractivity contribution in [2.45, 2.75) is 30.7 Å². The lowest BCUT2D eigenvalue weighted by atomic mass is 9.92. The molecule has 0 aromatic carbocycles. The Morgan fingerprint density at radius 3 is 2.73 bits per heavy atom. The van der Waals surface area contributed by atoms with Gasteiger partial charge in [-0.25, -0.2) is 13.2 Å². The smallest absolute Gasteiger partial charge is 0.348 e. The maximum atomic E-state index is 12.7. The van der Waals surface area contributed by atoms with Crippen LogP contribution in [0.3, 0.4) is 0 Å². The molecular weight excluding hydrogens is 330 g/mol. The molecule has 0 unspecified atom stereocenters. The zero-order valence-electron chi connectivity index (χ0n) is 12.2. The summed E-state index contributed by atoms with van der Waals surface area (Å²) in [6.07, 6.45) is 0.952. The number of methoxy groups -OCH3 is 1. The Labute approximate surface area is 132 Å². The van der Waals surface area contributed by atoms with E-state index in [1.165, 1.54) is 22.9 Å². The zero-order valence-corrected chi connectivity index (χ0v) is 13.8. The summed E-state index contributed by atoms with van der Waals surface area (Å²) in [5, 5.41) is 10.6. The molecule has 0 bridgehead atoms. The molecule has 1 aromatic rings. The van der Waals surface area contributed by atoms with E-state index in [0.717, 1.165) is 11.3 Å². The Hall–Kier alpha value is -1.45. The summed E-state index contributed by atoms with van der Waals surface area (Å²) in [5.74, 6) is -2.31. The van der Waals surface area contributed by atoms with Crippen LogP contribution >= 0.6 is 11.3 Å². The van der Waals surface area contributed by atoms with Gasteiger partial charge in [0.2, 0.25) is 10.0 Å². The Kier molecular flexibility index (Phi) is 4.88.